The maximum absolute atomic E-state index is 3.68. The summed E-state index contributed by atoms with van der Waals surface area (Å²) in [5, 5.41) is 3.68. The molecule has 0 spiro atoms. The van der Waals surface area contributed by atoms with E-state index < -0.39 is 0 Å². The van der Waals surface area contributed by atoms with Crippen LogP contribution in [0.25, 0.3) is 0 Å². The van der Waals surface area contributed by atoms with Crippen molar-refractivity contribution in [3.8, 4) is 0 Å². The molecule has 0 radical (unpaired) electrons. The summed E-state index contributed by atoms with van der Waals surface area (Å²) in [5.41, 5.74) is 0. The summed E-state index contributed by atoms with van der Waals surface area (Å²) >= 11 is 0. The van der Waals surface area contributed by atoms with E-state index in [1.165, 1.54) is 51.5 Å². The molecular weight excluding hydrogens is 182 g/mol. The summed E-state index contributed by atoms with van der Waals surface area (Å²) in [6.45, 7) is 5.82. The Bertz CT molecular complexity index is 174. The first-order chi connectivity index (χ1) is 7.33. The van der Waals surface area contributed by atoms with Gasteiger partial charge in [0.2, 0.25) is 0 Å². The third-order valence-corrected chi connectivity index (χ3v) is 3.37. The van der Waals surface area contributed by atoms with Crippen molar-refractivity contribution in [3.05, 3.63) is 12.2 Å². The van der Waals surface area contributed by atoms with E-state index in [-0.39, 0.29) is 0 Å². The van der Waals surface area contributed by atoms with Gasteiger partial charge in [-0.2, -0.15) is 0 Å². The summed E-state index contributed by atoms with van der Waals surface area (Å²) in [7, 11) is 0. The van der Waals surface area contributed by atoms with Crippen LogP contribution < -0.4 is 5.32 Å². The molecule has 0 aromatic heterocycles. The second-order valence-electron chi connectivity index (χ2n) is 4.96. The van der Waals surface area contributed by atoms with E-state index in [9.17, 15) is 0 Å². The summed E-state index contributed by atoms with van der Waals surface area (Å²) < 4.78 is 0. The minimum Gasteiger partial charge on any atom is -0.314 e. The van der Waals surface area contributed by atoms with Crippen LogP contribution in [0.3, 0.4) is 0 Å². The molecule has 0 aromatic carbocycles. The molecule has 88 valence electrons. The lowest BCUT2D eigenvalue weighted by molar-refractivity contribution is 0.396. The largest absolute Gasteiger partial charge is 0.314 e. The maximum Gasteiger partial charge on any atom is 0.00388 e. The first-order valence-electron chi connectivity index (χ1n) is 6.71. The molecule has 1 N–H and O–H groups in total. The highest BCUT2D eigenvalue weighted by Gasteiger charge is 2.10. The van der Waals surface area contributed by atoms with Gasteiger partial charge < -0.3 is 5.32 Å². The van der Waals surface area contributed by atoms with Crippen LogP contribution in [0.5, 0.6) is 0 Å². The Kier molecular flexibility index (Phi) is 6.74. The van der Waals surface area contributed by atoms with Gasteiger partial charge in [-0.25, -0.2) is 0 Å². The zero-order chi connectivity index (χ0) is 10.9. The molecule has 0 saturated heterocycles. The minimum atomic E-state index is 0.711. The molecule has 1 rings (SSSR count). The molecule has 0 fully saturated rings. The molecular formula is C14H27N. The van der Waals surface area contributed by atoms with E-state index in [0.717, 1.165) is 5.92 Å². The number of rotatable bonds is 7. The van der Waals surface area contributed by atoms with Gasteiger partial charge in [0.1, 0.15) is 0 Å². The number of hydrogen-bond acceptors (Lipinski definition) is 1. The Morgan fingerprint density at radius 2 is 2.20 bits per heavy atom. The van der Waals surface area contributed by atoms with E-state index in [2.05, 4.69) is 31.3 Å². The maximum atomic E-state index is 3.68. The number of hydrogen-bond donors (Lipinski definition) is 1. The van der Waals surface area contributed by atoms with Crippen molar-refractivity contribution in [1.29, 1.82) is 0 Å². The van der Waals surface area contributed by atoms with Crippen molar-refractivity contribution in [2.75, 3.05) is 6.54 Å². The molecule has 2 atom stereocenters. The predicted molar refractivity (Wildman–Crippen MR) is 68.1 cm³/mol. The molecule has 1 aliphatic rings. The lowest BCUT2D eigenvalue weighted by Gasteiger charge is -2.21. The van der Waals surface area contributed by atoms with E-state index in [0.29, 0.717) is 6.04 Å². The average molecular weight is 209 g/mol. The topological polar surface area (TPSA) is 12.0 Å². The summed E-state index contributed by atoms with van der Waals surface area (Å²) in [5.74, 6) is 0.892. The second-order valence-corrected chi connectivity index (χ2v) is 4.96. The van der Waals surface area contributed by atoms with Gasteiger partial charge in [-0.3, -0.25) is 0 Å². The van der Waals surface area contributed by atoms with Gasteiger partial charge in [-0.15, -0.1) is 0 Å². The fourth-order valence-electron chi connectivity index (χ4n) is 2.21. The minimum absolute atomic E-state index is 0.711. The molecule has 1 heteroatoms. The molecule has 0 bridgehead atoms. The molecule has 2 unspecified atom stereocenters. The van der Waals surface area contributed by atoms with Crippen LogP contribution in [-0.4, -0.2) is 12.6 Å². The number of nitrogens with one attached hydrogen (secondary N) is 1. The van der Waals surface area contributed by atoms with E-state index in [1.807, 2.05) is 0 Å². The zero-order valence-electron chi connectivity index (χ0n) is 10.5. The molecule has 0 amide bonds. The fourth-order valence-corrected chi connectivity index (χ4v) is 2.21. The summed E-state index contributed by atoms with van der Waals surface area (Å²) in [6, 6.07) is 0.711. The molecule has 15 heavy (non-hydrogen) atoms. The van der Waals surface area contributed by atoms with Crippen molar-refractivity contribution in [2.24, 2.45) is 5.92 Å². The molecule has 1 aliphatic carbocycles. The van der Waals surface area contributed by atoms with Crippen molar-refractivity contribution >= 4 is 0 Å². The van der Waals surface area contributed by atoms with Gasteiger partial charge in [-0.1, -0.05) is 38.3 Å². The summed E-state index contributed by atoms with van der Waals surface area (Å²) in [6.07, 6.45) is 14.1. The second kappa shape index (κ2) is 7.92. The van der Waals surface area contributed by atoms with Crippen molar-refractivity contribution in [1.82, 2.24) is 5.32 Å². The Labute approximate surface area is 95.3 Å². The lowest BCUT2D eigenvalue weighted by atomic mass is 9.94. The van der Waals surface area contributed by atoms with Crippen LogP contribution in [0.2, 0.25) is 0 Å². The Morgan fingerprint density at radius 1 is 1.33 bits per heavy atom. The fraction of sp³-hybridized carbons (Fsp3) is 0.857. The van der Waals surface area contributed by atoms with Gasteiger partial charge in [0, 0.05) is 6.04 Å². The standard InChI is InChI=1S/C14H27N/c1-3-4-6-9-13(2)15-12-14-10-7-5-8-11-14/h5,7,13-15H,3-4,6,8-12H2,1-2H3. The molecule has 0 saturated carbocycles. The highest BCUT2D eigenvalue weighted by atomic mass is 14.9. The van der Waals surface area contributed by atoms with Gasteiger partial charge in [0.25, 0.3) is 0 Å². The predicted octanol–water partition coefficient (Wildman–Crippen LogP) is 3.90. The van der Waals surface area contributed by atoms with Crippen LogP contribution >= 0.6 is 0 Å². The third-order valence-electron chi connectivity index (χ3n) is 3.37. The first-order valence-corrected chi connectivity index (χ1v) is 6.71. The highest BCUT2D eigenvalue weighted by Crippen LogP contribution is 2.17. The zero-order valence-corrected chi connectivity index (χ0v) is 10.5. The highest BCUT2D eigenvalue weighted by molar-refractivity contribution is 4.90. The monoisotopic (exact) mass is 209 g/mol. The smallest absolute Gasteiger partial charge is 0.00388 e. The third kappa shape index (κ3) is 5.99. The van der Waals surface area contributed by atoms with Crippen LogP contribution in [0.4, 0.5) is 0 Å². The van der Waals surface area contributed by atoms with Gasteiger partial charge >= 0.3 is 0 Å². The quantitative estimate of drug-likeness (QED) is 0.495. The number of unbranched alkanes of at least 4 members (excludes halogenated alkanes) is 2. The molecule has 0 heterocycles. The van der Waals surface area contributed by atoms with Gasteiger partial charge in [-0.05, 0) is 45.1 Å². The van der Waals surface area contributed by atoms with Crippen molar-refractivity contribution in [2.45, 2.75) is 64.8 Å². The van der Waals surface area contributed by atoms with Crippen LogP contribution in [0.15, 0.2) is 12.2 Å². The Balaban J connectivity index is 2.00. The normalized spacial score (nSPS) is 22.9. The van der Waals surface area contributed by atoms with E-state index in [4.69, 9.17) is 0 Å². The van der Waals surface area contributed by atoms with Crippen molar-refractivity contribution < 1.29 is 0 Å². The lowest BCUT2D eigenvalue weighted by Crippen LogP contribution is -2.31. The molecule has 0 aromatic rings. The molecule has 0 aliphatic heterocycles. The Hall–Kier alpha value is -0.300. The van der Waals surface area contributed by atoms with Crippen LogP contribution in [-0.2, 0) is 0 Å². The Morgan fingerprint density at radius 3 is 2.87 bits per heavy atom. The number of allylic oxidation sites excluding steroid dienone is 2. The first kappa shape index (κ1) is 12.8. The SMILES string of the molecule is CCCCCC(C)NCC1CC=CCC1. The van der Waals surface area contributed by atoms with E-state index in [1.54, 1.807) is 0 Å². The van der Waals surface area contributed by atoms with Crippen LogP contribution in [0, 0.1) is 5.92 Å². The van der Waals surface area contributed by atoms with Crippen molar-refractivity contribution in [3.63, 3.8) is 0 Å². The molecule has 1 nitrogen and oxygen atoms in total. The van der Waals surface area contributed by atoms with Gasteiger partial charge in [0.15, 0.2) is 0 Å². The van der Waals surface area contributed by atoms with Crippen LogP contribution in [0.1, 0.15) is 58.8 Å². The summed E-state index contributed by atoms with van der Waals surface area (Å²) in [4.78, 5) is 0. The average Bonchev–Trinajstić information content (AvgIpc) is 2.28. The van der Waals surface area contributed by atoms with E-state index >= 15 is 0 Å². The van der Waals surface area contributed by atoms with Gasteiger partial charge in [0.05, 0.1) is 0 Å².